The highest BCUT2D eigenvalue weighted by Gasteiger charge is 2.52. The molecule has 0 saturated heterocycles. The molecule has 5 nitrogen and oxygen atoms in total. The molecule has 3 unspecified atom stereocenters. The number of hydrogen-bond acceptors (Lipinski definition) is 3. The number of fused-ring (bicyclic) bond motifs is 1. The first kappa shape index (κ1) is 20.4. The lowest BCUT2D eigenvalue weighted by atomic mass is 9.48. The van der Waals surface area contributed by atoms with E-state index in [0.717, 1.165) is 35.4 Å². The summed E-state index contributed by atoms with van der Waals surface area (Å²) in [5, 5.41) is 4.57. The minimum absolute atomic E-state index is 0.0543. The van der Waals surface area contributed by atoms with Crippen LogP contribution >= 0.6 is 0 Å². The van der Waals surface area contributed by atoms with Crippen molar-refractivity contribution in [3.05, 3.63) is 82.6 Å². The number of aromatic nitrogens is 2. The van der Waals surface area contributed by atoms with Crippen molar-refractivity contribution in [1.82, 2.24) is 9.55 Å². The second kappa shape index (κ2) is 7.41. The van der Waals surface area contributed by atoms with Gasteiger partial charge in [0, 0.05) is 41.5 Å². The van der Waals surface area contributed by atoms with Crippen LogP contribution in [-0.2, 0) is 11.3 Å². The largest absolute Gasteiger partial charge is 0.325 e. The number of carbonyl (C=O) groups is 1. The summed E-state index contributed by atoms with van der Waals surface area (Å²) in [7, 11) is 0. The lowest BCUT2D eigenvalue weighted by Gasteiger charge is -2.57. The summed E-state index contributed by atoms with van der Waals surface area (Å²) in [4.78, 5) is 30.4. The fraction of sp³-hybridized carbons (Fsp3) is 0.393. The van der Waals surface area contributed by atoms with Crippen LogP contribution in [0.2, 0.25) is 0 Å². The molecular formula is C28H29N3O2. The molecule has 168 valence electrons. The number of pyridine rings is 2. The lowest BCUT2D eigenvalue weighted by Crippen LogP contribution is -2.47. The molecule has 5 heteroatoms. The van der Waals surface area contributed by atoms with E-state index >= 15 is 0 Å². The number of hydrogen-bond donors (Lipinski definition) is 1. The Morgan fingerprint density at radius 3 is 2.79 bits per heavy atom. The second-order valence-corrected chi connectivity index (χ2v) is 10.9. The Kier molecular flexibility index (Phi) is 4.58. The van der Waals surface area contributed by atoms with Crippen LogP contribution in [0.25, 0.3) is 10.8 Å². The van der Waals surface area contributed by atoms with Crippen molar-refractivity contribution in [3.63, 3.8) is 0 Å². The molecule has 4 bridgehead atoms. The number of carbonyl (C=O) groups excluding carboxylic acids is 1. The maximum atomic E-state index is 13.2. The molecule has 1 aromatic carbocycles. The molecule has 3 aromatic rings. The van der Waals surface area contributed by atoms with Gasteiger partial charge in [0.1, 0.15) is 0 Å². The summed E-state index contributed by atoms with van der Waals surface area (Å²) in [5.41, 5.74) is 3.64. The van der Waals surface area contributed by atoms with Crippen molar-refractivity contribution < 1.29 is 4.79 Å². The van der Waals surface area contributed by atoms with Gasteiger partial charge in [-0.05, 0) is 84.7 Å². The molecule has 3 atom stereocenters. The molecule has 0 aliphatic heterocycles. The van der Waals surface area contributed by atoms with E-state index in [9.17, 15) is 9.59 Å². The zero-order valence-electron chi connectivity index (χ0n) is 19.0. The molecule has 33 heavy (non-hydrogen) atoms. The standard InChI is InChI=1S/C28H29N3O2/c1-27-12-20-11-21(13-27)15-28(14-20,18-27)16-25(32)30-24-4-2-3-23-22(24)7-10-31(26(23)33)17-19-5-8-29-9-6-19/h2-10,12,21H,11,13-18H2,1H3,(H,30,32). The van der Waals surface area contributed by atoms with Gasteiger partial charge in [-0.1, -0.05) is 24.6 Å². The number of anilines is 1. The minimum Gasteiger partial charge on any atom is -0.325 e. The van der Waals surface area contributed by atoms with E-state index in [2.05, 4.69) is 23.3 Å². The highest BCUT2D eigenvalue weighted by Crippen LogP contribution is 2.63. The Hall–Kier alpha value is -3.21. The Bertz CT molecular complexity index is 1340. The third kappa shape index (κ3) is 3.69. The van der Waals surface area contributed by atoms with E-state index in [0.29, 0.717) is 18.4 Å². The Morgan fingerprint density at radius 1 is 1.15 bits per heavy atom. The zero-order valence-corrected chi connectivity index (χ0v) is 19.0. The SMILES string of the molecule is CC12C=C3CC(C1)CC(CC(=O)Nc1cccc4c(=O)n(Cc5ccncc5)ccc14)(C3)C2. The predicted octanol–water partition coefficient (Wildman–Crippen LogP) is 5.30. The van der Waals surface area contributed by atoms with Gasteiger partial charge in [-0.15, -0.1) is 0 Å². The molecule has 1 amide bonds. The molecule has 2 heterocycles. The number of allylic oxidation sites excluding steroid dienone is 2. The van der Waals surface area contributed by atoms with Crippen molar-refractivity contribution >= 4 is 22.4 Å². The van der Waals surface area contributed by atoms with Crippen molar-refractivity contribution in [1.29, 1.82) is 0 Å². The van der Waals surface area contributed by atoms with Crippen LogP contribution in [0.15, 0.2) is 71.4 Å². The summed E-state index contributed by atoms with van der Waals surface area (Å²) < 4.78 is 1.70. The van der Waals surface area contributed by atoms with Gasteiger partial charge in [0.25, 0.3) is 5.56 Å². The average molecular weight is 440 g/mol. The van der Waals surface area contributed by atoms with Crippen molar-refractivity contribution in [2.75, 3.05) is 5.32 Å². The fourth-order valence-corrected chi connectivity index (χ4v) is 7.23. The Balaban J connectivity index is 1.24. The van der Waals surface area contributed by atoms with E-state index in [1.54, 1.807) is 22.5 Å². The molecule has 1 N–H and O–H groups in total. The van der Waals surface area contributed by atoms with Gasteiger partial charge in [0.2, 0.25) is 5.91 Å². The van der Waals surface area contributed by atoms with Gasteiger partial charge in [0.05, 0.1) is 6.54 Å². The minimum atomic E-state index is -0.0543. The topological polar surface area (TPSA) is 64.0 Å². The van der Waals surface area contributed by atoms with Crippen molar-refractivity contribution in [3.8, 4) is 0 Å². The van der Waals surface area contributed by atoms with Crippen molar-refractivity contribution in [2.24, 2.45) is 16.7 Å². The predicted molar refractivity (Wildman–Crippen MR) is 130 cm³/mol. The number of nitrogens with zero attached hydrogens (tertiary/aromatic N) is 2. The summed E-state index contributed by atoms with van der Waals surface area (Å²) >= 11 is 0. The molecule has 4 aliphatic rings. The highest BCUT2D eigenvalue weighted by atomic mass is 16.1. The molecular weight excluding hydrogens is 410 g/mol. The van der Waals surface area contributed by atoms with Gasteiger partial charge in [0.15, 0.2) is 0 Å². The first-order chi connectivity index (χ1) is 15.9. The third-order valence-electron chi connectivity index (χ3n) is 7.89. The number of benzene rings is 1. The van der Waals surface area contributed by atoms with Crippen LogP contribution < -0.4 is 10.9 Å². The smallest absolute Gasteiger partial charge is 0.258 e. The summed E-state index contributed by atoms with van der Waals surface area (Å²) in [5.74, 6) is 0.802. The summed E-state index contributed by atoms with van der Waals surface area (Å²) in [6.07, 6.45) is 14.2. The highest BCUT2D eigenvalue weighted by molar-refractivity contribution is 6.02. The van der Waals surface area contributed by atoms with E-state index < -0.39 is 0 Å². The maximum Gasteiger partial charge on any atom is 0.258 e. The Labute approximate surface area is 193 Å². The molecule has 4 aliphatic carbocycles. The molecule has 2 saturated carbocycles. The van der Waals surface area contributed by atoms with E-state index in [-0.39, 0.29) is 22.3 Å². The van der Waals surface area contributed by atoms with E-state index in [4.69, 9.17) is 0 Å². The van der Waals surface area contributed by atoms with Gasteiger partial charge in [-0.25, -0.2) is 0 Å². The van der Waals surface area contributed by atoms with Crippen LogP contribution in [0.4, 0.5) is 5.69 Å². The van der Waals surface area contributed by atoms with Gasteiger partial charge < -0.3 is 9.88 Å². The Morgan fingerprint density at radius 2 is 2.00 bits per heavy atom. The van der Waals surface area contributed by atoms with Crippen LogP contribution in [0.3, 0.4) is 0 Å². The maximum absolute atomic E-state index is 13.2. The van der Waals surface area contributed by atoms with E-state index in [1.807, 2.05) is 42.6 Å². The van der Waals surface area contributed by atoms with Gasteiger partial charge in [-0.3, -0.25) is 14.6 Å². The number of amides is 1. The lowest BCUT2D eigenvalue weighted by molar-refractivity contribution is -0.121. The normalized spacial score (nSPS) is 27.5. The van der Waals surface area contributed by atoms with Crippen LogP contribution in [0.5, 0.6) is 0 Å². The first-order valence-electron chi connectivity index (χ1n) is 11.9. The number of rotatable bonds is 5. The summed E-state index contributed by atoms with van der Waals surface area (Å²) in [6, 6.07) is 11.3. The molecule has 0 spiro atoms. The quantitative estimate of drug-likeness (QED) is 0.549. The average Bonchev–Trinajstić information content (AvgIpc) is 2.74. The zero-order chi connectivity index (χ0) is 22.6. The van der Waals surface area contributed by atoms with Gasteiger partial charge >= 0.3 is 0 Å². The first-order valence-corrected chi connectivity index (χ1v) is 11.9. The number of nitrogens with one attached hydrogen (secondary N) is 1. The fourth-order valence-electron chi connectivity index (χ4n) is 7.23. The van der Waals surface area contributed by atoms with E-state index in [1.165, 1.54) is 19.3 Å². The molecule has 2 aromatic heterocycles. The van der Waals surface area contributed by atoms with Crippen molar-refractivity contribution in [2.45, 2.75) is 52.0 Å². The molecule has 7 rings (SSSR count). The van der Waals surface area contributed by atoms with Gasteiger partial charge in [-0.2, -0.15) is 0 Å². The van der Waals surface area contributed by atoms with Crippen LogP contribution in [-0.4, -0.2) is 15.5 Å². The summed E-state index contributed by atoms with van der Waals surface area (Å²) in [6.45, 7) is 2.86. The third-order valence-corrected chi connectivity index (χ3v) is 7.89. The molecule has 2 fully saturated rings. The molecule has 0 radical (unpaired) electrons. The van der Waals surface area contributed by atoms with Crippen LogP contribution in [0.1, 0.15) is 51.0 Å². The monoisotopic (exact) mass is 439 g/mol. The van der Waals surface area contributed by atoms with Crippen LogP contribution in [0, 0.1) is 16.7 Å². The second-order valence-electron chi connectivity index (χ2n) is 10.9.